The summed E-state index contributed by atoms with van der Waals surface area (Å²) in [5.74, 6) is 2.29. The molecule has 0 saturated heterocycles. The summed E-state index contributed by atoms with van der Waals surface area (Å²) in [7, 11) is 0. The van der Waals surface area contributed by atoms with Gasteiger partial charge in [-0.2, -0.15) is 0 Å². The smallest absolute Gasteiger partial charge is 0.227 e. The van der Waals surface area contributed by atoms with Crippen LogP contribution < -0.4 is 5.73 Å². The van der Waals surface area contributed by atoms with Crippen molar-refractivity contribution in [2.24, 2.45) is 29.4 Å². The lowest BCUT2D eigenvalue weighted by Crippen LogP contribution is -2.48. The second-order valence-electron chi connectivity index (χ2n) is 6.50. The predicted molar refractivity (Wildman–Crippen MR) is 78.6 cm³/mol. The van der Waals surface area contributed by atoms with Crippen molar-refractivity contribution in [2.75, 3.05) is 13.1 Å². The Labute approximate surface area is 117 Å². The summed E-state index contributed by atoms with van der Waals surface area (Å²) in [6.07, 6.45) is 5.97. The normalized spacial score (nSPS) is 33.1. The molecule has 0 radical (unpaired) electrons. The predicted octanol–water partition coefficient (Wildman–Crippen LogP) is 2.64. The lowest BCUT2D eigenvalue weighted by atomic mass is 9.83. The van der Waals surface area contributed by atoms with E-state index in [1.165, 1.54) is 19.3 Å². The third-order valence-electron chi connectivity index (χ3n) is 5.59. The van der Waals surface area contributed by atoms with Crippen LogP contribution in [0.3, 0.4) is 0 Å². The molecule has 0 aromatic carbocycles. The zero-order chi connectivity index (χ0) is 14.0. The Hall–Kier alpha value is -0.570. The van der Waals surface area contributed by atoms with Gasteiger partial charge >= 0.3 is 0 Å². The van der Waals surface area contributed by atoms with Crippen LogP contribution in [-0.4, -0.2) is 29.9 Å². The first-order valence-corrected chi connectivity index (χ1v) is 8.16. The van der Waals surface area contributed by atoms with Gasteiger partial charge in [0.15, 0.2) is 0 Å². The van der Waals surface area contributed by atoms with E-state index in [2.05, 4.69) is 25.7 Å². The van der Waals surface area contributed by atoms with Gasteiger partial charge in [-0.3, -0.25) is 4.79 Å². The van der Waals surface area contributed by atoms with Crippen LogP contribution in [0.2, 0.25) is 0 Å². The summed E-state index contributed by atoms with van der Waals surface area (Å²) in [5, 5.41) is 0. The van der Waals surface area contributed by atoms with E-state index in [1.807, 2.05) is 0 Å². The lowest BCUT2D eigenvalue weighted by Gasteiger charge is -2.33. The van der Waals surface area contributed by atoms with Gasteiger partial charge in [0.25, 0.3) is 0 Å². The second-order valence-corrected chi connectivity index (χ2v) is 6.50. The molecule has 2 fully saturated rings. The van der Waals surface area contributed by atoms with Gasteiger partial charge in [-0.05, 0) is 43.9 Å². The van der Waals surface area contributed by atoms with E-state index >= 15 is 0 Å². The summed E-state index contributed by atoms with van der Waals surface area (Å²) in [5.41, 5.74) is 6.31. The molecule has 2 bridgehead atoms. The average Bonchev–Trinajstić information content (AvgIpc) is 3.00. The van der Waals surface area contributed by atoms with E-state index < -0.39 is 0 Å². The third-order valence-corrected chi connectivity index (χ3v) is 5.59. The number of carbonyl (C=O) groups is 1. The van der Waals surface area contributed by atoms with Gasteiger partial charge in [0.1, 0.15) is 0 Å². The number of nitrogens with two attached hydrogens (primary N) is 1. The fraction of sp³-hybridized carbons (Fsp3) is 0.938. The number of carbonyl (C=O) groups excluding carboxylic acids is 1. The van der Waals surface area contributed by atoms with E-state index in [0.29, 0.717) is 23.7 Å². The minimum atomic E-state index is 0.119. The van der Waals surface area contributed by atoms with Crippen molar-refractivity contribution in [3.8, 4) is 0 Å². The van der Waals surface area contributed by atoms with Crippen molar-refractivity contribution >= 4 is 5.91 Å². The summed E-state index contributed by atoms with van der Waals surface area (Å²) >= 11 is 0. The first-order chi connectivity index (χ1) is 9.12. The molecule has 2 N–H and O–H groups in total. The molecule has 2 rings (SSSR count). The number of nitrogens with zero attached hydrogens (tertiary/aromatic N) is 1. The molecule has 0 spiro atoms. The molecule has 0 aromatic heterocycles. The summed E-state index contributed by atoms with van der Waals surface area (Å²) < 4.78 is 0. The van der Waals surface area contributed by atoms with E-state index in [9.17, 15) is 4.79 Å². The Balaban J connectivity index is 2.00. The summed E-state index contributed by atoms with van der Waals surface area (Å²) in [6.45, 7) is 8.28. The van der Waals surface area contributed by atoms with Crippen LogP contribution in [0.15, 0.2) is 0 Å². The number of rotatable bonds is 6. The molecule has 1 amide bonds. The first kappa shape index (κ1) is 14.8. The van der Waals surface area contributed by atoms with Gasteiger partial charge in [0.05, 0.1) is 5.92 Å². The van der Waals surface area contributed by atoms with Crippen LogP contribution in [-0.2, 0) is 4.79 Å². The van der Waals surface area contributed by atoms with Gasteiger partial charge in [-0.15, -0.1) is 0 Å². The molecule has 110 valence electrons. The molecule has 3 nitrogen and oxygen atoms in total. The molecule has 0 heterocycles. The van der Waals surface area contributed by atoms with E-state index in [4.69, 9.17) is 5.73 Å². The molecule has 4 atom stereocenters. The quantitative estimate of drug-likeness (QED) is 0.803. The average molecular weight is 266 g/mol. The van der Waals surface area contributed by atoms with Crippen molar-refractivity contribution in [3.05, 3.63) is 0 Å². The van der Waals surface area contributed by atoms with Gasteiger partial charge in [-0.1, -0.05) is 26.7 Å². The van der Waals surface area contributed by atoms with Crippen LogP contribution in [0, 0.1) is 23.7 Å². The Morgan fingerprint density at radius 2 is 1.84 bits per heavy atom. The monoisotopic (exact) mass is 266 g/mol. The van der Waals surface area contributed by atoms with Gasteiger partial charge in [-0.25, -0.2) is 0 Å². The van der Waals surface area contributed by atoms with E-state index in [0.717, 1.165) is 25.9 Å². The van der Waals surface area contributed by atoms with Crippen molar-refractivity contribution in [3.63, 3.8) is 0 Å². The van der Waals surface area contributed by atoms with Crippen molar-refractivity contribution in [1.29, 1.82) is 0 Å². The molecule has 2 saturated carbocycles. The summed E-state index contributed by atoms with van der Waals surface area (Å²) in [6, 6.07) is 0.127. The number of hydrogen-bond acceptors (Lipinski definition) is 2. The minimum absolute atomic E-state index is 0.119. The maximum Gasteiger partial charge on any atom is 0.227 e. The topological polar surface area (TPSA) is 46.3 Å². The standard InChI is InChI=1S/C16H30N2O/c1-4-11(5-2)10-18(6-3)16(19)14-12-7-8-13(9-12)15(14)17/h11-15H,4-10,17H2,1-3H3. The highest BCUT2D eigenvalue weighted by Gasteiger charge is 2.49. The molecule has 2 aliphatic rings. The highest BCUT2D eigenvalue weighted by atomic mass is 16.2. The fourth-order valence-electron chi connectivity index (χ4n) is 4.15. The van der Waals surface area contributed by atoms with E-state index in [-0.39, 0.29) is 12.0 Å². The minimum Gasteiger partial charge on any atom is -0.342 e. The van der Waals surface area contributed by atoms with Crippen molar-refractivity contribution < 1.29 is 4.79 Å². The number of fused-ring (bicyclic) bond motifs is 2. The number of hydrogen-bond donors (Lipinski definition) is 1. The summed E-state index contributed by atoms with van der Waals surface area (Å²) in [4.78, 5) is 14.9. The van der Waals surface area contributed by atoms with Crippen LogP contribution in [0.4, 0.5) is 0 Å². The molecule has 0 aromatic rings. The second kappa shape index (κ2) is 6.25. The molecule has 0 aliphatic heterocycles. The maximum absolute atomic E-state index is 12.8. The van der Waals surface area contributed by atoms with Crippen LogP contribution in [0.5, 0.6) is 0 Å². The van der Waals surface area contributed by atoms with Crippen molar-refractivity contribution in [1.82, 2.24) is 4.90 Å². The molecule has 3 heteroatoms. The Kier molecular flexibility index (Phi) is 4.88. The SMILES string of the molecule is CCC(CC)CN(CC)C(=O)C1C2CCC(C2)C1N. The zero-order valence-corrected chi connectivity index (χ0v) is 12.8. The van der Waals surface area contributed by atoms with Crippen molar-refractivity contribution in [2.45, 2.75) is 58.9 Å². The van der Waals surface area contributed by atoms with Crippen LogP contribution in [0.1, 0.15) is 52.9 Å². The van der Waals surface area contributed by atoms with Gasteiger partial charge in [0.2, 0.25) is 5.91 Å². The Bertz CT molecular complexity index is 312. The third kappa shape index (κ3) is 2.81. The zero-order valence-electron chi connectivity index (χ0n) is 12.8. The fourth-order valence-corrected chi connectivity index (χ4v) is 4.15. The first-order valence-electron chi connectivity index (χ1n) is 8.16. The lowest BCUT2D eigenvalue weighted by molar-refractivity contribution is -0.138. The highest BCUT2D eigenvalue weighted by molar-refractivity contribution is 5.80. The van der Waals surface area contributed by atoms with E-state index in [1.54, 1.807) is 0 Å². The largest absolute Gasteiger partial charge is 0.342 e. The Morgan fingerprint density at radius 1 is 1.21 bits per heavy atom. The van der Waals surface area contributed by atoms with Gasteiger partial charge < -0.3 is 10.6 Å². The van der Waals surface area contributed by atoms with Crippen LogP contribution >= 0.6 is 0 Å². The maximum atomic E-state index is 12.8. The number of amides is 1. The molecule has 19 heavy (non-hydrogen) atoms. The molecule has 2 aliphatic carbocycles. The van der Waals surface area contributed by atoms with Gasteiger partial charge in [0, 0.05) is 19.1 Å². The van der Waals surface area contributed by atoms with Crippen LogP contribution in [0.25, 0.3) is 0 Å². The molecular formula is C16H30N2O. The molecular weight excluding hydrogens is 236 g/mol. The molecule has 4 unspecified atom stereocenters. The highest BCUT2D eigenvalue weighted by Crippen LogP contribution is 2.48. The Morgan fingerprint density at radius 3 is 2.32 bits per heavy atom.